The molecule has 0 aliphatic carbocycles. The van der Waals surface area contributed by atoms with Crippen molar-refractivity contribution in [2.45, 2.75) is 38.3 Å². The third-order valence-electron chi connectivity index (χ3n) is 4.43. The molecule has 2 aliphatic rings. The highest BCUT2D eigenvalue weighted by atomic mass is 16.5. The lowest BCUT2D eigenvalue weighted by molar-refractivity contribution is 0.0243. The van der Waals surface area contributed by atoms with E-state index in [9.17, 15) is 0 Å². The number of benzene rings is 1. The molecule has 2 N–H and O–H groups in total. The van der Waals surface area contributed by atoms with E-state index in [-0.39, 0.29) is 5.60 Å². The maximum absolute atomic E-state index is 5.80. The molecular weight excluding hydrogens is 306 g/mol. The second-order valence-electron chi connectivity index (χ2n) is 6.51. The van der Waals surface area contributed by atoms with Crippen molar-refractivity contribution in [1.29, 1.82) is 0 Å². The minimum Gasteiger partial charge on any atom is -0.490 e. The second-order valence-corrected chi connectivity index (χ2v) is 6.51. The summed E-state index contributed by atoms with van der Waals surface area (Å²) in [7, 11) is 1.78. The predicted octanol–water partition coefficient (Wildman–Crippen LogP) is 2.08. The molecule has 1 unspecified atom stereocenters. The van der Waals surface area contributed by atoms with Gasteiger partial charge in [0, 0.05) is 33.2 Å². The van der Waals surface area contributed by atoms with E-state index in [1.807, 2.05) is 12.1 Å². The zero-order valence-electron chi connectivity index (χ0n) is 14.6. The maximum atomic E-state index is 5.80. The van der Waals surface area contributed by atoms with Crippen LogP contribution in [-0.2, 0) is 11.3 Å². The van der Waals surface area contributed by atoms with Crippen LogP contribution in [0.5, 0.6) is 11.5 Å². The van der Waals surface area contributed by atoms with E-state index in [1.54, 1.807) is 7.05 Å². The molecule has 1 aromatic carbocycles. The summed E-state index contributed by atoms with van der Waals surface area (Å²) in [6.45, 7) is 5.83. The first kappa shape index (κ1) is 16.9. The van der Waals surface area contributed by atoms with Crippen LogP contribution < -0.4 is 20.1 Å². The van der Waals surface area contributed by atoms with E-state index in [1.165, 1.54) is 0 Å². The van der Waals surface area contributed by atoms with Gasteiger partial charge in [0.2, 0.25) is 0 Å². The Kier molecular flexibility index (Phi) is 5.45. The summed E-state index contributed by atoms with van der Waals surface area (Å²) < 4.78 is 17.2. The van der Waals surface area contributed by atoms with Gasteiger partial charge in [0.05, 0.1) is 18.8 Å². The average molecular weight is 333 g/mol. The van der Waals surface area contributed by atoms with Crippen LogP contribution in [0.25, 0.3) is 0 Å². The Labute approximate surface area is 143 Å². The van der Waals surface area contributed by atoms with Crippen LogP contribution in [-0.4, -0.2) is 45.0 Å². The molecule has 132 valence electrons. The standard InChI is InChI=1S/C18H27N3O3/c1-18(7-3-10-24-18)13-21-17(19-2)20-12-14-5-6-15-16(11-14)23-9-4-8-22-15/h5-6,11H,3-4,7-10,12-13H2,1-2H3,(H2,19,20,21). The van der Waals surface area contributed by atoms with Crippen LogP contribution in [0.15, 0.2) is 23.2 Å². The number of aliphatic imine (C=N–C) groups is 1. The van der Waals surface area contributed by atoms with Gasteiger partial charge in [-0.25, -0.2) is 0 Å². The van der Waals surface area contributed by atoms with Crippen LogP contribution in [0.1, 0.15) is 31.7 Å². The van der Waals surface area contributed by atoms with Gasteiger partial charge in [-0.3, -0.25) is 4.99 Å². The SMILES string of the molecule is CN=C(NCc1ccc2c(c1)OCCCO2)NCC1(C)CCCO1. The molecule has 3 rings (SSSR count). The number of hydrogen-bond acceptors (Lipinski definition) is 4. The highest BCUT2D eigenvalue weighted by Gasteiger charge is 2.29. The molecule has 2 aliphatic heterocycles. The summed E-state index contributed by atoms with van der Waals surface area (Å²) in [5, 5.41) is 6.69. The van der Waals surface area contributed by atoms with Gasteiger partial charge in [-0.15, -0.1) is 0 Å². The van der Waals surface area contributed by atoms with Crippen LogP contribution in [0.4, 0.5) is 0 Å². The number of hydrogen-bond donors (Lipinski definition) is 2. The van der Waals surface area contributed by atoms with E-state index in [0.29, 0.717) is 19.8 Å². The van der Waals surface area contributed by atoms with Crippen LogP contribution >= 0.6 is 0 Å². The number of rotatable bonds is 4. The zero-order valence-corrected chi connectivity index (χ0v) is 14.6. The van der Waals surface area contributed by atoms with Gasteiger partial charge in [0.15, 0.2) is 17.5 Å². The van der Waals surface area contributed by atoms with E-state index >= 15 is 0 Å². The molecule has 1 saturated heterocycles. The number of nitrogens with zero attached hydrogens (tertiary/aromatic N) is 1. The van der Waals surface area contributed by atoms with Crippen LogP contribution in [0.2, 0.25) is 0 Å². The number of ether oxygens (including phenoxy) is 3. The van der Waals surface area contributed by atoms with E-state index in [2.05, 4.69) is 28.6 Å². The topological polar surface area (TPSA) is 64.1 Å². The zero-order chi connectivity index (χ0) is 16.8. The Hall–Kier alpha value is -1.95. The van der Waals surface area contributed by atoms with Crippen molar-refractivity contribution in [3.8, 4) is 11.5 Å². The molecule has 1 aromatic rings. The Morgan fingerprint density at radius 2 is 1.96 bits per heavy atom. The lowest BCUT2D eigenvalue weighted by Gasteiger charge is -2.24. The molecule has 0 saturated carbocycles. The van der Waals surface area contributed by atoms with Gasteiger partial charge >= 0.3 is 0 Å². The smallest absolute Gasteiger partial charge is 0.191 e. The summed E-state index contributed by atoms with van der Waals surface area (Å²) in [5.41, 5.74) is 1.04. The fraction of sp³-hybridized carbons (Fsp3) is 0.611. The first-order valence-corrected chi connectivity index (χ1v) is 8.66. The maximum Gasteiger partial charge on any atom is 0.191 e. The van der Waals surface area contributed by atoms with Crippen LogP contribution in [0, 0.1) is 0 Å². The number of fused-ring (bicyclic) bond motifs is 1. The number of guanidine groups is 1. The van der Waals surface area contributed by atoms with Crippen molar-refractivity contribution < 1.29 is 14.2 Å². The summed E-state index contributed by atoms with van der Waals surface area (Å²) in [6, 6.07) is 6.05. The van der Waals surface area contributed by atoms with Gasteiger partial charge < -0.3 is 24.8 Å². The highest BCUT2D eigenvalue weighted by Crippen LogP contribution is 2.30. The quantitative estimate of drug-likeness (QED) is 0.652. The normalized spacial score (nSPS) is 23.7. The van der Waals surface area contributed by atoms with Gasteiger partial charge in [-0.2, -0.15) is 0 Å². The predicted molar refractivity (Wildman–Crippen MR) is 93.8 cm³/mol. The Bertz CT molecular complexity index is 583. The fourth-order valence-corrected chi connectivity index (χ4v) is 2.97. The highest BCUT2D eigenvalue weighted by molar-refractivity contribution is 5.79. The minimum atomic E-state index is -0.0904. The third kappa shape index (κ3) is 4.32. The lowest BCUT2D eigenvalue weighted by atomic mass is 10.0. The van der Waals surface area contributed by atoms with E-state index in [4.69, 9.17) is 14.2 Å². The van der Waals surface area contributed by atoms with Crippen LogP contribution in [0.3, 0.4) is 0 Å². The molecule has 0 amide bonds. The minimum absolute atomic E-state index is 0.0904. The molecule has 24 heavy (non-hydrogen) atoms. The Morgan fingerprint density at radius 1 is 1.12 bits per heavy atom. The van der Waals surface area contributed by atoms with E-state index < -0.39 is 0 Å². The molecule has 1 fully saturated rings. The molecule has 0 spiro atoms. The Morgan fingerprint density at radius 3 is 2.71 bits per heavy atom. The molecule has 2 heterocycles. The molecule has 6 heteroatoms. The third-order valence-corrected chi connectivity index (χ3v) is 4.43. The number of nitrogens with one attached hydrogen (secondary N) is 2. The van der Waals surface area contributed by atoms with Crippen molar-refractivity contribution in [3.05, 3.63) is 23.8 Å². The summed E-state index contributed by atoms with van der Waals surface area (Å²) >= 11 is 0. The monoisotopic (exact) mass is 333 g/mol. The van der Waals surface area contributed by atoms with Crippen molar-refractivity contribution in [3.63, 3.8) is 0 Å². The lowest BCUT2D eigenvalue weighted by Crippen LogP contribution is -2.45. The second kappa shape index (κ2) is 7.75. The van der Waals surface area contributed by atoms with Gasteiger partial charge in [0.1, 0.15) is 0 Å². The van der Waals surface area contributed by atoms with Gasteiger partial charge in [-0.1, -0.05) is 6.07 Å². The molecule has 0 radical (unpaired) electrons. The molecule has 1 atom stereocenters. The molecular formula is C18H27N3O3. The van der Waals surface area contributed by atoms with Crippen molar-refractivity contribution in [2.75, 3.05) is 33.4 Å². The fourth-order valence-electron chi connectivity index (χ4n) is 2.97. The summed E-state index contributed by atoms with van der Waals surface area (Å²) in [5.74, 6) is 2.42. The summed E-state index contributed by atoms with van der Waals surface area (Å²) in [6.07, 6.45) is 3.13. The first-order chi connectivity index (χ1) is 11.7. The van der Waals surface area contributed by atoms with Crippen molar-refractivity contribution >= 4 is 5.96 Å². The first-order valence-electron chi connectivity index (χ1n) is 8.66. The average Bonchev–Trinajstić information content (AvgIpc) is 2.89. The summed E-state index contributed by atoms with van der Waals surface area (Å²) in [4.78, 5) is 4.28. The van der Waals surface area contributed by atoms with E-state index in [0.717, 1.165) is 55.4 Å². The Balaban J connectivity index is 1.53. The molecule has 0 bridgehead atoms. The van der Waals surface area contributed by atoms with Crippen molar-refractivity contribution in [1.82, 2.24) is 10.6 Å². The van der Waals surface area contributed by atoms with Gasteiger partial charge in [0.25, 0.3) is 0 Å². The largest absolute Gasteiger partial charge is 0.490 e. The van der Waals surface area contributed by atoms with Crippen molar-refractivity contribution in [2.24, 2.45) is 4.99 Å². The molecule has 6 nitrogen and oxygen atoms in total. The molecule has 0 aromatic heterocycles. The van der Waals surface area contributed by atoms with Gasteiger partial charge in [-0.05, 0) is 37.5 Å².